The van der Waals surface area contributed by atoms with Crippen LogP contribution in [-0.4, -0.2) is 29.2 Å². The van der Waals surface area contributed by atoms with Crippen LogP contribution in [0, 0.1) is 6.92 Å². The van der Waals surface area contributed by atoms with Crippen molar-refractivity contribution < 1.29 is 13.2 Å². The molecule has 2 N–H and O–H groups in total. The van der Waals surface area contributed by atoms with Gasteiger partial charge in [-0.1, -0.05) is 0 Å². The van der Waals surface area contributed by atoms with Gasteiger partial charge < -0.3 is 5.73 Å². The second-order valence-electron chi connectivity index (χ2n) is 3.71. The highest BCUT2D eigenvalue weighted by Gasteiger charge is 2.17. The molecule has 0 saturated carbocycles. The molecule has 0 aliphatic heterocycles. The highest BCUT2D eigenvalue weighted by Crippen LogP contribution is 2.21. The zero-order valence-corrected chi connectivity index (χ0v) is 11.0. The van der Waals surface area contributed by atoms with E-state index in [2.05, 4.69) is 4.98 Å². The summed E-state index contributed by atoms with van der Waals surface area (Å²) >= 11 is 5.38. The molecular weight excluding hydrogens is 278 g/mol. The Hall–Kier alpha value is -1.60. The van der Waals surface area contributed by atoms with Crippen molar-refractivity contribution >= 4 is 38.5 Å². The van der Waals surface area contributed by atoms with Crippen molar-refractivity contribution in [2.45, 2.75) is 11.8 Å². The van der Waals surface area contributed by atoms with E-state index in [4.69, 9.17) is 17.3 Å². The normalized spacial score (nSPS) is 11.9. The van der Waals surface area contributed by atoms with E-state index in [1.807, 2.05) is 0 Å². The van der Waals surface area contributed by atoms with E-state index in [9.17, 15) is 13.2 Å². The monoisotopic (exact) mass is 287 g/mol. The van der Waals surface area contributed by atoms with Crippen LogP contribution in [0.5, 0.6) is 0 Å². The molecule has 0 atom stereocenters. The van der Waals surface area contributed by atoms with Gasteiger partial charge in [0.2, 0.25) is 0 Å². The molecule has 8 heteroatoms. The Morgan fingerprint density at radius 3 is 2.72 bits per heavy atom. The topological polar surface area (TPSA) is 95.1 Å². The fraction of sp³-hybridized carbons (Fsp3) is 0.200. The SMILES string of the molecule is Cc1nc2cc(S(=O)(=O)CCl)ccc2n1C(N)=O. The van der Waals surface area contributed by atoms with Gasteiger partial charge in [-0.2, -0.15) is 0 Å². The Kier molecular flexibility index (Phi) is 3.04. The molecule has 18 heavy (non-hydrogen) atoms. The van der Waals surface area contributed by atoms with Crippen LogP contribution >= 0.6 is 11.6 Å². The summed E-state index contributed by atoms with van der Waals surface area (Å²) < 4.78 is 24.4. The summed E-state index contributed by atoms with van der Waals surface area (Å²) in [4.78, 5) is 15.4. The van der Waals surface area contributed by atoms with E-state index in [0.717, 1.165) is 0 Å². The molecule has 0 aliphatic carbocycles. The average molecular weight is 288 g/mol. The molecule has 96 valence electrons. The molecule has 1 aromatic carbocycles. The zero-order valence-electron chi connectivity index (χ0n) is 9.42. The summed E-state index contributed by atoms with van der Waals surface area (Å²) in [6.45, 7) is 1.61. The smallest absolute Gasteiger partial charge is 0.324 e. The second-order valence-corrected chi connectivity index (χ2v) is 6.28. The van der Waals surface area contributed by atoms with E-state index in [1.54, 1.807) is 6.92 Å². The number of nitrogens with two attached hydrogens (primary N) is 1. The van der Waals surface area contributed by atoms with Crippen molar-refractivity contribution in [2.24, 2.45) is 5.73 Å². The predicted molar refractivity (Wildman–Crippen MR) is 67.4 cm³/mol. The van der Waals surface area contributed by atoms with Gasteiger partial charge in [0.1, 0.15) is 11.0 Å². The van der Waals surface area contributed by atoms with Crippen LogP contribution in [-0.2, 0) is 9.84 Å². The Bertz CT molecular complexity index is 736. The van der Waals surface area contributed by atoms with Gasteiger partial charge in [0, 0.05) is 0 Å². The molecule has 0 aliphatic rings. The highest BCUT2D eigenvalue weighted by atomic mass is 35.5. The number of rotatable bonds is 2. The first-order chi connectivity index (χ1) is 8.36. The predicted octanol–water partition coefficient (Wildman–Crippen LogP) is 1.24. The molecule has 0 fully saturated rings. The van der Waals surface area contributed by atoms with Gasteiger partial charge in [0.25, 0.3) is 0 Å². The number of amides is 1. The number of primary amides is 1. The lowest BCUT2D eigenvalue weighted by molar-refractivity contribution is 0.250. The summed E-state index contributed by atoms with van der Waals surface area (Å²) in [6.07, 6.45) is 0. The maximum absolute atomic E-state index is 11.6. The number of carbonyl (C=O) groups excluding carboxylic acids is 1. The number of aryl methyl sites for hydroxylation is 1. The lowest BCUT2D eigenvalue weighted by atomic mass is 10.3. The summed E-state index contributed by atoms with van der Waals surface area (Å²) in [6, 6.07) is 3.57. The van der Waals surface area contributed by atoms with E-state index in [-0.39, 0.29) is 4.90 Å². The highest BCUT2D eigenvalue weighted by molar-refractivity contribution is 7.92. The molecule has 2 aromatic rings. The van der Waals surface area contributed by atoms with Crippen molar-refractivity contribution in [1.29, 1.82) is 0 Å². The van der Waals surface area contributed by atoms with Crippen LogP contribution in [0.15, 0.2) is 23.1 Å². The first kappa shape index (κ1) is 12.8. The number of alkyl halides is 1. The van der Waals surface area contributed by atoms with Crippen molar-refractivity contribution in [3.63, 3.8) is 0 Å². The van der Waals surface area contributed by atoms with Gasteiger partial charge in [0.15, 0.2) is 9.84 Å². The Labute approximate surface area is 108 Å². The minimum absolute atomic E-state index is 0.0686. The quantitative estimate of drug-likeness (QED) is 0.841. The molecule has 1 amide bonds. The average Bonchev–Trinajstić information content (AvgIpc) is 2.63. The number of imidazole rings is 1. The molecule has 1 aromatic heterocycles. The first-order valence-electron chi connectivity index (χ1n) is 4.94. The first-order valence-corrected chi connectivity index (χ1v) is 7.13. The minimum atomic E-state index is -3.51. The van der Waals surface area contributed by atoms with E-state index in [1.165, 1.54) is 22.8 Å². The van der Waals surface area contributed by atoms with Crippen LogP contribution in [0.1, 0.15) is 5.82 Å². The third kappa shape index (κ3) is 1.95. The molecule has 6 nitrogen and oxygen atoms in total. The van der Waals surface area contributed by atoms with Crippen molar-refractivity contribution in [2.75, 3.05) is 5.21 Å². The van der Waals surface area contributed by atoms with Crippen LogP contribution in [0.4, 0.5) is 4.79 Å². The number of benzene rings is 1. The maximum atomic E-state index is 11.6. The number of carbonyl (C=O) groups is 1. The molecular formula is C10H10ClN3O3S. The molecule has 0 bridgehead atoms. The summed E-state index contributed by atoms with van der Waals surface area (Å²) in [5.74, 6) is 0.401. The van der Waals surface area contributed by atoms with Crippen molar-refractivity contribution in [3.8, 4) is 0 Å². The number of aromatic nitrogens is 2. The molecule has 0 unspecified atom stereocenters. The summed E-state index contributed by atoms with van der Waals surface area (Å²) in [7, 11) is -3.51. The lowest BCUT2D eigenvalue weighted by Gasteiger charge is -2.02. The number of hydrogen-bond donors (Lipinski definition) is 1. The van der Waals surface area contributed by atoms with E-state index in [0.29, 0.717) is 16.9 Å². The Morgan fingerprint density at radius 1 is 1.50 bits per heavy atom. The summed E-state index contributed by atoms with van der Waals surface area (Å²) in [5, 5.41) is -0.506. The lowest BCUT2D eigenvalue weighted by Crippen LogP contribution is -2.20. The van der Waals surface area contributed by atoms with Gasteiger partial charge in [-0.15, -0.1) is 11.6 Å². The Morgan fingerprint density at radius 2 is 2.17 bits per heavy atom. The number of halogens is 1. The second kappa shape index (κ2) is 4.25. The molecule has 2 rings (SSSR count). The fourth-order valence-corrected chi connectivity index (χ4v) is 2.79. The number of hydrogen-bond acceptors (Lipinski definition) is 4. The van der Waals surface area contributed by atoms with Crippen LogP contribution in [0.3, 0.4) is 0 Å². The third-order valence-corrected chi connectivity index (χ3v) is 4.64. The van der Waals surface area contributed by atoms with Gasteiger partial charge in [-0.05, 0) is 25.1 Å². The largest absolute Gasteiger partial charge is 0.351 e. The standard InChI is InChI=1S/C10H10ClN3O3S/c1-6-13-8-4-7(18(16,17)5-11)2-3-9(8)14(6)10(12)15/h2-4H,5H2,1H3,(H2,12,15). The van der Waals surface area contributed by atoms with Crippen LogP contribution < -0.4 is 5.73 Å². The third-order valence-electron chi connectivity index (χ3n) is 2.52. The molecule has 0 saturated heterocycles. The Balaban J connectivity index is 2.73. The van der Waals surface area contributed by atoms with Gasteiger partial charge in [-0.3, -0.25) is 0 Å². The molecule has 0 spiro atoms. The van der Waals surface area contributed by atoms with E-state index < -0.39 is 21.1 Å². The molecule has 0 radical (unpaired) electrons. The van der Waals surface area contributed by atoms with Gasteiger partial charge in [-0.25, -0.2) is 22.8 Å². The van der Waals surface area contributed by atoms with E-state index >= 15 is 0 Å². The number of nitrogens with zero attached hydrogens (tertiary/aromatic N) is 2. The van der Waals surface area contributed by atoms with Crippen LogP contribution in [0.25, 0.3) is 11.0 Å². The van der Waals surface area contributed by atoms with Gasteiger partial charge in [0.05, 0.1) is 15.9 Å². The fourth-order valence-electron chi connectivity index (χ4n) is 1.72. The number of sulfone groups is 1. The van der Waals surface area contributed by atoms with Crippen LogP contribution in [0.2, 0.25) is 0 Å². The van der Waals surface area contributed by atoms with Gasteiger partial charge >= 0.3 is 6.03 Å². The minimum Gasteiger partial charge on any atom is -0.351 e. The zero-order chi connectivity index (χ0) is 13.5. The molecule has 1 heterocycles. The summed E-state index contributed by atoms with van der Waals surface area (Å²) in [5.41, 5.74) is 6.07. The van der Waals surface area contributed by atoms with Crippen molar-refractivity contribution in [1.82, 2.24) is 9.55 Å². The maximum Gasteiger partial charge on any atom is 0.324 e. The van der Waals surface area contributed by atoms with Crippen molar-refractivity contribution in [3.05, 3.63) is 24.0 Å². The number of fused-ring (bicyclic) bond motifs is 1.